The van der Waals surface area contributed by atoms with Crippen molar-refractivity contribution in [2.45, 2.75) is 30.8 Å². The molecule has 1 saturated carbocycles. The van der Waals surface area contributed by atoms with Crippen molar-refractivity contribution in [3.8, 4) is 0 Å². The molecule has 1 N–H and O–H groups in total. The maximum Gasteiger partial charge on any atom is 0.138 e. The van der Waals surface area contributed by atoms with E-state index in [1.165, 1.54) is 11.9 Å². The lowest BCUT2D eigenvalue weighted by molar-refractivity contribution is 0.128. The predicted molar refractivity (Wildman–Crippen MR) is 68.1 cm³/mol. The molecule has 1 fully saturated rings. The van der Waals surface area contributed by atoms with Crippen LogP contribution >= 0.6 is 0 Å². The number of hydrogen-bond acceptors (Lipinski definition) is 3. The number of benzene rings is 1. The molecule has 4 heteroatoms. The van der Waals surface area contributed by atoms with Gasteiger partial charge in [0.1, 0.15) is 12.2 Å². The van der Waals surface area contributed by atoms with E-state index in [1.54, 1.807) is 4.68 Å². The Bertz CT molecular complexity index is 531. The Labute approximate surface area is 106 Å². The number of aliphatic hydroxyl groups is 1. The van der Waals surface area contributed by atoms with E-state index in [9.17, 15) is 5.11 Å². The van der Waals surface area contributed by atoms with E-state index in [2.05, 4.69) is 22.2 Å². The molecule has 18 heavy (non-hydrogen) atoms. The van der Waals surface area contributed by atoms with Crippen molar-refractivity contribution in [3.05, 3.63) is 48.0 Å². The van der Waals surface area contributed by atoms with Gasteiger partial charge in [-0.15, -0.1) is 0 Å². The highest BCUT2D eigenvalue weighted by molar-refractivity contribution is 5.33. The largest absolute Gasteiger partial charge is 0.392 e. The highest BCUT2D eigenvalue weighted by Crippen LogP contribution is 2.51. The molecule has 1 aromatic carbocycles. The lowest BCUT2D eigenvalue weighted by Crippen LogP contribution is -2.29. The molecule has 3 rings (SSSR count). The van der Waals surface area contributed by atoms with Crippen LogP contribution in [0.2, 0.25) is 0 Å². The van der Waals surface area contributed by atoms with Crippen LogP contribution < -0.4 is 0 Å². The number of rotatable bonds is 4. The summed E-state index contributed by atoms with van der Waals surface area (Å²) >= 11 is 0. The molecule has 94 valence electrons. The molecule has 0 saturated heterocycles. The standard InChI is InChI=1S/C14H17N3O/c1-17-13(15-10-16-17)9-12(18)14(7-8-14)11-5-3-2-4-6-11/h2-6,10,12,18H,7-9H2,1H3. The lowest BCUT2D eigenvalue weighted by atomic mass is 9.88. The zero-order valence-electron chi connectivity index (χ0n) is 10.5. The minimum atomic E-state index is -0.386. The third kappa shape index (κ3) is 1.82. The summed E-state index contributed by atoms with van der Waals surface area (Å²) in [4.78, 5) is 4.18. The van der Waals surface area contributed by atoms with Crippen molar-refractivity contribution < 1.29 is 5.11 Å². The van der Waals surface area contributed by atoms with Gasteiger partial charge in [-0.1, -0.05) is 30.3 Å². The number of hydrogen-bond donors (Lipinski definition) is 1. The summed E-state index contributed by atoms with van der Waals surface area (Å²) in [6.45, 7) is 0. The van der Waals surface area contributed by atoms with Crippen molar-refractivity contribution in [2.24, 2.45) is 7.05 Å². The van der Waals surface area contributed by atoms with Crippen LogP contribution in [0, 0.1) is 0 Å². The highest BCUT2D eigenvalue weighted by Gasteiger charge is 2.50. The Morgan fingerprint density at radius 1 is 1.33 bits per heavy atom. The van der Waals surface area contributed by atoms with Crippen molar-refractivity contribution in [2.75, 3.05) is 0 Å². The summed E-state index contributed by atoms with van der Waals surface area (Å²) in [6.07, 6.45) is 3.81. The zero-order chi connectivity index (χ0) is 12.6. The Kier molecular flexibility index (Phi) is 2.67. The fourth-order valence-corrected chi connectivity index (χ4v) is 2.59. The molecule has 1 atom stereocenters. The molecular formula is C14H17N3O. The van der Waals surface area contributed by atoms with Gasteiger partial charge in [0.15, 0.2) is 0 Å². The summed E-state index contributed by atoms with van der Waals surface area (Å²) in [5.41, 5.74) is 1.17. The second kappa shape index (κ2) is 4.21. The van der Waals surface area contributed by atoms with Crippen LogP contribution in [0.25, 0.3) is 0 Å². The molecule has 2 aromatic rings. The van der Waals surface area contributed by atoms with Crippen LogP contribution in [0.3, 0.4) is 0 Å². The van der Waals surface area contributed by atoms with E-state index >= 15 is 0 Å². The zero-order valence-corrected chi connectivity index (χ0v) is 10.5. The van der Waals surface area contributed by atoms with Gasteiger partial charge in [-0.05, 0) is 18.4 Å². The van der Waals surface area contributed by atoms with Crippen LogP contribution in [0.5, 0.6) is 0 Å². The van der Waals surface area contributed by atoms with Crippen LogP contribution in [-0.2, 0) is 18.9 Å². The van der Waals surface area contributed by atoms with E-state index in [4.69, 9.17) is 0 Å². The van der Waals surface area contributed by atoms with Gasteiger partial charge in [0.25, 0.3) is 0 Å². The summed E-state index contributed by atoms with van der Waals surface area (Å²) in [5, 5.41) is 14.5. The number of aryl methyl sites for hydroxylation is 1. The molecule has 0 radical (unpaired) electrons. The molecule has 1 aliphatic rings. The van der Waals surface area contributed by atoms with Crippen molar-refractivity contribution >= 4 is 0 Å². The van der Waals surface area contributed by atoms with Gasteiger partial charge < -0.3 is 5.11 Å². The maximum atomic E-state index is 10.5. The fraction of sp³-hybridized carbons (Fsp3) is 0.429. The summed E-state index contributed by atoms with van der Waals surface area (Å²) in [6, 6.07) is 10.3. The SMILES string of the molecule is Cn1ncnc1CC(O)C1(c2ccccc2)CC1. The molecular weight excluding hydrogens is 226 g/mol. The van der Waals surface area contributed by atoms with E-state index in [1.807, 2.05) is 25.2 Å². The average molecular weight is 243 g/mol. The second-order valence-corrected chi connectivity index (χ2v) is 5.04. The molecule has 0 amide bonds. The highest BCUT2D eigenvalue weighted by atomic mass is 16.3. The minimum Gasteiger partial charge on any atom is -0.392 e. The number of aromatic nitrogens is 3. The maximum absolute atomic E-state index is 10.5. The topological polar surface area (TPSA) is 50.9 Å². The molecule has 0 spiro atoms. The van der Waals surface area contributed by atoms with E-state index in [-0.39, 0.29) is 11.5 Å². The lowest BCUT2D eigenvalue weighted by Gasteiger charge is -2.22. The molecule has 1 aromatic heterocycles. The summed E-state index contributed by atoms with van der Waals surface area (Å²) in [7, 11) is 1.86. The first-order valence-corrected chi connectivity index (χ1v) is 6.29. The second-order valence-electron chi connectivity index (χ2n) is 5.04. The quantitative estimate of drug-likeness (QED) is 0.884. The normalized spacial score (nSPS) is 18.6. The third-order valence-corrected chi connectivity index (χ3v) is 3.96. The van der Waals surface area contributed by atoms with E-state index in [0.29, 0.717) is 6.42 Å². The van der Waals surface area contributed by atoms with Crippen LogP contribution in [0.1, 0.15) is 24.2 Å². The van der Waals surface area contributed by atoms with E-state index < -0.39 is 0 Å². The van der Waals surface area contributed by atoms with Gasteiger partial charge in [-0.2, -0.15) is 5.10 Å². The predicted octanol–water partition coefficient (Wildman–Crippen LogP) is 1.45. The Morgan fingerprint density at radius 2 is 2.06 bits per heavy atom. The monoisotopic (exact) mass is 243 g/mol. The molecule has 1 unspecified atom stereocenters. The van der Waals surface area contributed by atoms with Gasteiger partial charge >= 0.3 is 0 Å². The van der Waals surface area contributed by atoms with Crippen LogP contribution in [-0.4, -0.2) is 26.0 Å². The number of nitrogens with zero attached hydrogens (tertiary/aromatic N) is 3. The Morgan fingerprint density at radius 3 is 2.61 bits per heavy atom. The van der Waals surface area contributed by atoms with Crippen LogP contribution in [0.4, 0.5) is 0 Å². The molecule has 4 nitrogen and oxygen atoms in total. The minimum absolute atomic E-state index is 0.0623. The van der Waals surface area contributed by atoms with Crippen molar-refractivity contribution in [1.29, 1.82) is 0 Å². The first-order chi connectivity index (χ1) is 8.72. The van der Waals surface area contributed by atoms with Gasteiger partial charge in [0, 0.05) is 18.9 Å². The van der Waals surface area contributed by atoms with Gasteiger partial charge in [-0.25, -0.2) is 4.98 Å². The summed E-state index contributed by atoms with van der Waals surface area (Å²) < 4.78 is 1.73. The average Bonchev–Trinajstić information content (AvgIpc) is 3.12. The molecule has 0 bridgehead atoms. The smallest absolute Gasteiger partial charge is 0.138 e. The van der Waals surface area contributed by atoms with Gasteiger partial charge in [-0.3, -0.25) is 4.68 Å². The first kappa shape index (κ1) is 11.4. The third-order valence-electron chi connectivity index (χ3n) is 3.96. The van der Waals surface area contributed by atoms with E-state index in [0.717, 1.165) is 18.7 Å². The van der Waals surface area contributed by atoms with Crippen LogP contribution in [0.15, 0.2) is 36.7 Å². The fourth-order valence-electron chi connectivity index (χ4n) is 2.59. The Balaban J connectivity index is 1.81. The van der Waals surface area contributed by atoms with Gasteiger partial charge in [0.2, 0.25) is 0 Å². The molecule has 1 aliphatic carbocycles. The van der Waals surface area contributed by atoms with Crippen molar-refractivity contribution in [1.82, 2.24) is 14.8 Å². The molecule has 1 heterocycles. The van der Waals surface area contributed by atoms with Gasteiger partial charge in [0.05, 0.1) is 6.10 Å². The van der Waals surface area contributed by atoms with Crippen molar-refractivity contribution in [3.63, 3.8) is 0 Å². The first-order valence-electron chi connectivity index (χ1n) is 6.29. The Hall–Kier alpha value is -1.68. The summed E-state index contributed by atoms with van der Waals surface area (Å²) in [5.74, 6) is 0.838. The number of aliphatic hydroxyl groups excluding tert-OH is 1. The molecule has 0 aliphatic heterocycles.